The molecule has 1 N–H and O–H groups in total. The zero-order valence-corrected chi connectivity index (χ0v) is 17.1. The average molecular weight is 421 g/mol. The third kappa shape index (κ3) is 4.85. The molecule has 0 radical (unpaired) electrons. The maximum Gasteiger partial charge on any atom is 0.264 e. The van der Waals surface area contributed by atoms with E-state index in [-0.39, 0.29) is 24.6 Å². The number of aromatic nitrogens is 2. The zero-order chi connectivity index (χ0) is 21.6. The molecule has 1 unspecified atom stereocenters. The molecule has 1 aliphatic rings. The maximum atomic E-state index is 12.4. The number of benzene rings is 2. The van der Waals surface area contributed by atoms with E-state index < -0.39 is 6.10 Å². The topological polar surface area (TPSA) is 91.7 Å². The van der Waals surface area contributed by atoms with Crippen molar-refractivity contribution in [2.24, 2.45) is 0 Å². The maximum absolute atomic E-state index is 12.4. The molecule has 3 aromatic rings. The Morgan fingerprint density at radius 2 is 1.97 bits per heavy atom. The van der Waals surface area contributed by atoms with Crippen LogP contribution in [0.2, 0.25) is 0 Å². The number of carbonyl (C=O) groups is 1. The van der Waals surface area contributed by atoms with E-state index in [1.807, 2.05) is 43.3 Å². The minimum Gasteiger partial charge on any atom is -0.494 e. The Labute approximate surface area is 179 Å². The Kier molecular flexibility index (Phi) is 6.16. The lowest BCUT2D eigenvalue weighted by atomic mass is 10.1. The molecule has 0 bridgehead atoms. The van der Waals surface area contributed by atoms with Gasteiger partial charge in [0.05, 0.1) is 18.6 Å². The average Bonchev–Trinajstić information content (AvgIpc) is 2.80. The molecule has 2 aromatic carbocycles. The fourth-order valence-corrected chi connectivity index (χ4v) is 3.20. The summed E-state index contributed by atoms with van der Waals surface area (Å²) in [4.78, 5) is 29.2. The van der Waals surface area contributed by atoms with Crippen LogP contribution in [0.4, 0.5) is 0 Å². The molecule has 1 aromatic heterocycles. The zero-order valence-electron chi connectivity index (χ0n) is 17.1. The van der Waals surface area contributed by atoms with E-state index in [9.17, 15) is 9.59 Å². The van der Waals surface area contributed by atoms with Gasteiger partial charge in [0.25, 0.3) is 11.5 Å². The van der Waals surface area contributed by atoms with Gasteiger partial charge in [-0.1, -0.05) is 12.1 Å². The summed E-state index contributed by atoms with van der Waals surface area (Å²) in [5.74, 6) is 1.64. The lowest BCUT2D eigenvalue weighted by Crippen LogP contribution is -2.45. The van der Waals surface area contributed by atoms with Crippen molar-refractivity contribution in [1.29, 1.82) is 0 Å². The first-order valence-electron chi connectivity index (χ1n) is 10.1. The van der Waals surface area contributed by atoms with Crippen LogP contribution in [0.3, 0.4) is 0 Å². The van der Waals surface area contributed by atoms with Gasteiger partial charge in [0.2, 0.25) is 6.10 Å². The van der Waals surface area contributed by atoms with Crippen LogP contribution in [0, 0.1) is 0 Å². The molecule has 31 heavy (non-hydrogen) atoms. The molecule has 4 rings (SSSR count). The lowest BCUT2D eigenvalue weighted by molar-refractivity contribution is -0.130. The number of rotatable bonds is 7. The molecule has 160 valence electrons. The van der Waals surface area contributed by atoms with Crippen LogP contribution in [0.1, 0.15) is 6.92 Å². The molecule has 0 fully saturated rings. The van der Waals surface area contributed by atoms with E-state index in [2.05, 4.69) is 10.3 Å². The first-order valence-corrected chi connectivity index (χ1v) is 10.1. The number of nitrogens with zero attached hydrogens (tertiary/aromatic N) is 2. The van der Waals surface area contributed by atoms with Crippen molar-refractivity contribution in [1.82, 2.24) is 14.9 Å². The molecule has 0 saturated heterocycles. The van der Waals surface area contributed by atoms with Gasteiger partial charge in [-0.25, -0.2) is 4.98 Å². The van der Waals surface area contributed by atoms with Gasteiger partial charge in [-0.2, -0.15) is 0 Å². The molecule has 8 heteroatoms. The molecule has 1 amide bonds. The predicted octanol–water partition coefficient (Wildman–Crippen LogP) is 2.27. The summed E-state index contributed by atoms with van der Waals surface area (Å²) < 4.78 is 18.1. The summed E-state index contributed by atoms with van der Waals surface area (Å²) in [7, 11) is 0. The highest BCUT2D eigenvalue weighted by atomic mass is 16.6. The SMILES string of the molecule is CCOc1ccc(-c2cc(=O)n(CCNC(=O)C3COc4ccccc4O3)cn2)cc1. The summed E-state index contributed by atoms with van der Waals surface area (Å²) in [5.41, 5.74) is 1.22. The van der Waals surface area contributed by atoms with Crippen LogP contribution in [0.25, 0.3) is 11.3 Å². The first-order chi connectivity index (χ1) is 15.1. The normalized spacial score (nSPS) is 14.7. The lowest BCUT2D eigenvalue weighted by Gasteiger charge is -2.25. The van der Waals surface area contributed by atoms with E-state index in [4.69, 9.17) is 14.2 Å². The van der Waals surface area contributed by atoms with Crippen molar-refractivity contribution < 1.29 is 19.0 Å². The number of ether oxygens (including phenoxy) is 3. The second kappa shape index (κ2) is 9.34. The van der Waals surface area contributed by atoms with Crippen LogP contribution >= 0.6 is 0 Å². The van der Waals surface area contributed by atoms with Crippen LogP contribution < -0.4 is 25.1 Å². The third-order valence-electron chi connectivity index (χ3n) is 4.79. The predicted molar refractivity (Wildman–Crippen MR) is 114 cm³/mol. The Morgan fingerprint density at radius 1 is 1.19 bits per heavy atom. The molecule has 0 aliphatic carbocycles. The second-order valence-electron chi connectivity index (χ2n) is 6.92. The fraction of sp³-hybridized carbons (Fsp3) is 0.261. The second-order valence-corrected chi connectivity index (χ2v) is 6.92. The third-order valence-corrected chi connectivity index (χ3v) is 4.79. The van der Waals surface area contributed by atoms with Gasteiger partial charge in [0.15, 0.2) is 11.5 Å². The van der Waals surface area contributed by atoms with Gasteiger partial charge < -0.3 is 19.5 Å². The molecule has 0 saturated carbocycles. The standard InChI is InChI=1S/C23H23N3O5/c1-2-29-17-9-7-16(8-10-17)18-13-22(27)26(15-25-18)12-11-24-23(28)21-14-30-19-5-3-4-6-20(19)31-21/h3-10,13,15,21H,2,11-12,14H2,1H3,(H,24,28). The summed E-state index contributed by atoms with van der Waals surface area (Å²) in [6.07, 6.45) is 0.753. The van der Waals surface area contributed by atoms with Crippen molar-refractivity contribution in [3.05, 3.63) is 71.3 Å². The molecule has 2 heterocycles. The van der Waals surface area contributed by atoms with Gasteiger partial charge >= 0.3 is 0 Å². The van der Waals surface area contributed by atoms with Crippen LogP contribution in [-0.2, 0) is 11.3 Å². The van der Waals surface area contributed by atoms with Crippen molar-refractivity contribution >= 4 is 5.91 Å². The number of amides is 1. The van der Waals surface area contributed by atoms with Gasteiger partial charge in [0.1, 0.15) is 12.4 Å². The number of nitrogens with one attached hydrogen (secondary N) is 1. The van der Waals surface area contributed by atoms with Gasteiger partial charge in [-0.15, -0.1) is 0 Å². The molecule has 1 atom stereocenters. The number of hydrogen-bond acceptors (Lipinski definition) is 6. The summed E-state index contributed by atoms with van der Waals surface area (Å²) >= 11 is 0. The molecular weight excluding hydrogens is 398 g/mol. The highest BCUT2D eigenvalue weighted by Gasteiger charge is 2.26. The number of hydrogen-bond donors (Lipinski definition) is 1. The number of para-hydroxylation sites is 2. The van der Waals surface area contributed by atoms with Crippen molar-refractivity contribution in [2.45, 2.75) is 19.6 Å². The van der Waals surface area contributed by atoms with E-state index in [1.54, 1.807) is 12.1 Å². The van der Waals surface area contributed by atoms with Crippen molar-refractivity contribution in [3.63, 3.8) is 0 Å². The van der Waals surface area contributed by atoms with Gasteiger partial charge in [-0.05, 0) is 43.3 Å². The molecule has 8 nitrogen and oxygen atoms in total. The Balaban J connectivity index is 1.32. The van der Waals surface area contributed by atoms with Crippen molar-refractivity contribution in [2.75, 3.05) is 19.8 Å². The van der Waals surface area contributed by atoms with E-state index in [0.29, 0.717) is 30.3 Å². The van der Waals surface area contributed by atoms with Crippen LogP contribution in [0.15, 0.2) is 65.7 Å². The number of carbonyl (C=O) groups excluding carboxylic acids is 1. The molecular formula is C23H23N3O5. The summed E-state index contributed by atoms with van der Waals surface area (Å²) in [6.45, 7) is 3.22. The van der Waals surface area contributed by atoms with Crippen LogP contribution in [-0.4, -0.2) is 41.3 Å². The quantitative estimate of drug-likeness (QED) is 0.629. The monoisotopic (exact) mass is 421 g/mol. The highest BCUT2D eigenvalue weighted by Crippen LogP contribution is 2.30. The Hall–Kier alpha value is -3.81. The van der Waals surface area contributed by atoms with E-state index in [1.165, 1.54) is 17.0 Å². The van der Waals surface area contributed by atoms with Gasteiger partial charge in [-0.3, -0.25) is 14.2 Å². The molecule has 1 aliphatic heterocycles. The fourth-order valence-electron chi connectivity index (χ4n) is 3.20. The largest absolute Gasteiger partial charge is 0.494 e. The van der Waals surface area contributed by atoms with E-state index in [0.717, 1.165) is 11.3 Å². The summed E-state index contributed by atoms with van der Waals surface area (Å²) in [6, 6.07) is 16.1. The van der Waals surface area contributed by atoms with Gasteiger partial charge in [0, 0.05) is 24.7 Å². The van der Waals surface area contributed by atoms with E-state index >= 15 is 0 Å². The Bertz CT molecular complexity index is 1110. The van der Waals surface area contributed by atoms with Crippen molar-refractivity contribution in [3.8, 4) is 28.5 Å². The minimum absolute atomic E-state index is 0.140. The Morgan fingerprint density at radius 3 is 2.71 bits per heavy atom. The smallest absolute Gasteiger partial charge is 0.264 e. The first kappa shape index (κ1) is 20.5. The minimum atomic E-state index is -0.730. The molecule has 0 spiro atoms. The summed E-state index contributed by atoms with van der Waals surface area (Å²) in [5, 5.41) is 2.78. The number of fused-ring (bicyclic) bond motifs is 1. The highest BCUT2D eigenvalue weighted by molar-refractivity contribution is 5.81. The van der Waals surface area contributed by atoms with Crippen LogP contribution in [0.5, 0.6) is 17.2 Å².